The predicted octanol–water partition coefficient (Wildman–Crippen LogP) is 1.78. The summed E-state index contributed by atoms with van der Waals surface area (Å²) >= 11 is 0. The lowest BCUT2D eigenvalue weighted by Crippen LogP contribution is -2.05. The van der Waals surface area contributed by atoms with Gasteiger partial charge < -0.3 is 5.73 Å². The highest BCUT2D eigenvalue weighted by atomic mass is 15.0. The molecule has 0 bridgehead atoms. The van der Waals surface area contributed by atoms with E-state index in [9.17, 15) is 0 Å². The topological polar surface area (TPSA) is 77.6 Å². The number of nitrogens with zero attached hydrogens (tertiary/aromatic N) is 4. The molecule has 5 nitrogen and oxygen atoms in total. The summed E-state index contributed by atoms with van der Waals surface area (Å²) in [5.74, 6) is 1.28. The van der Waals surface area contributed by atoms with Gasteiger partial charge in [0.05, 0.1) is 11.9 Å². The van der Waals surface area contributed by atoms with Gasteiger partial charge in [0.2, 0.25) is 0 Å². The molecule has 0 radical (unpaired) electrons. The Hall–Kier alpha value is -2.04. The first kappa shape index (κ1) is 11.4. The molecule has 0 aliphatic rings. The molecule has 2 aromatic heterocycles. The number of anilines is 1. The standard InChI is InChI=1S/C12H15N5/c1-3-4-10-16-11(8(2)12(13)17-10)9-7-14-5-6-15-9/h5-7H,3-4H2,1-2H3,(H2,13,16,17). The van der Waals surface area contributed by atoms with Crippen LogP contribution in [0.1, 0.15) is 24.7 Å². The molecule has 0 unspecified atom stereocenters. The SMILES string of the molecule is CCCc1nc(N)c(C)c(-c2cnccn2)n1. The lowest BCUT2D eigenvalue weighted by atomic mass is 10.1. The van der Waals surface area contributed by atoms with Crippen molar-refractivity contribution in [2.24, 2.45) is 0 Å². The van der Waals surface area contributed by atoms with Crippen molar-refractivity contribution in [3.8, 4) is 11.4 Å². The van der Waals surface area contributed by atoms with Gasteiger partial charge in [0.15, 0.2) is 0 Å². The van der Waals surface area contributed by atoms with Crippen molar-refractivity contribution in [3.05, 3.63) is 30.0 Å². The van der Waals surface area contributed by atoms with Crippen LogP contribution in [0, 0.1) is 6.92 Å². The zero-order chi connectivity index (χ0) is 12.3. The second-order valence-corrected chi connectivity index (χ2v) is 3.84. The first-order valence-electron chi connectivity index (χ1n) is 5.61. The molecule has 0 aliphatic carbocycles. The molecule has 17 heavy (non-hydrogen) atoms. The van der Waals surface area contributed by atoms with Crippen LogP contribution < -0.4 is 5.73 Å². The van der Waals surface area contributed by atoms with Gasteiger partial charge in [-0.25, -0.2) is 9.97 Å². The van der Waals surface area contributed by atoms with Gasteiger partial charge in [-0.3, -0.25) is 9.97 Å². The third kappa shape index (κ3) is 2.38. The number of hydrogen-bond acceptors (Lipinski definition) is 5. The van der Waals surface area contributed by atoms with Crippen LogP contribution in [-0.4, -0.2) is 19.9 Å². The summed E-state index contributed by atoms with van der Waals surface area (Å²) in [6.07, 6.45) is 6.77. The summed E-state index contributed by atoms with van der Waals surface area (Å²) < 4.78 is 0. The normalized spacial score (nSPS) is 10.5. The van der Waals surface area contributed by atoms with Crippen LogP contribution in [0.3, 0.4) is 0 Å². The number of aryl methyl sites for hydroxylation is 1. The maximum atomic E-state index is 5.89. The average molecular weight is 229 g/mol. The first-order chi connectivity index (χ1) is 8.22. The highest BCUT2D eigenvalue weighted by Crippen LogP contribution is 2.21. The van der Waals surface area contributed by atoms with Crippen LogP contribution in [0.5, 0.6) is 0 Å². The number of hydrogen-bond donors (Lipinski definition) is 1. The van der Waals surface area contributed by atoms with Crippen molar-refractivity contribution < 1.29 is 0 Å². The summed E-state index contributed by atoms with van der Waals surface area (Å²) in [6, 6.07) is 0. The van der Waals surface area contributed by atoms with Crippen molar-refractivity contribution in [1.82, 2.24) is 19.9 Å². The van der Waals surface area contributed by atoms with E-state index in [1.165, 1.54) is 0 Å². The summed E-state index contributed by atoms with van der Waals surface area (Å²) in [5.41, 5.74) is 8.25. The van der Waals surface area contributed by atoms with Crippen LogP contribution in [0.4, 0.5) is 5.82 Å². The number of rotatable bonds is 3. The molecule has 0 spiro atoms. The van der Waals surface area contributed by atoms with Gasteiger partial charge in [-0.1, -0.05) is 6.92 Å². The smallest absolute Gasteiger partial charge is 0.131 e. The molecule has 2 aromatic rings. The Morgan fingerprint density at radius 3 is 2.71 bits per heavy atom. The summed E-state index contributed by atoms with van der Waals surface area (Å²) in [6.45, 7) is 3.98. The zero-order valence-electron chi connectivity index (χ0n) is 10.0. The minimum absolute atomic E-state index is 0.518. The van der Waals surface area contributed by atoms with Crippen LogP contribution in [0.2, 0.25) is 0 Å². The Morgan fingerprint density at radius 1 is 1.24 bits per heavy atom. The van der Waals surface area contributed by atoms with Gasteiger partial charge in [-0.2, -0.15) is 0 Å². The maximum Gasteiger partial charge on any atom is 0.131 e. The third-order valence-electron chi connectivity index (χ3n) is 2.51. The summed E-state index contributed by atoms with van der Waals surface area (Å²) in [5, 5.41) is 0. The highest BCUT2D eigenvalue weighted by Gasteiger charge is 2.11. The molecular formula is C12H15N5. The van der Waals surface area contributed by atoms with Crippen LogP contribution in [-0.2, 0) is 6.42 Å². The molecule has 2 N–H and O–H groups in total. The minimum Gasteiger partial charge on any atom is -0.383 e. The predicted molar refractivity (Wildman–Crippen MR) is 66.2 cm³/mol. The fourth-order valence-corrected chi connectivity index (χ4v) is 1.59. The Labute approximate surface area is 100 Å². The molecule has 88 valence electrons. The van der Waals surface area contributed by atoms with Crippen LogP contribution in [0.25, 0.3) is 11.4 Å². The molecule has 0 aromatic carbocycles. The number of nitrogen functional groups attached to an aromatic ring is 1. The monoisotopic (exact) mass is 229 g/mol. The Bertz CT molecular complexity index is 510. The quantitative estimate of drug-likeness (QED) is 0.868. The molecule has 0 fully saturated rings. The van der Waals surface area contributed by atoms with E-state index < -0.39 is 0 Å². The lowest BCUT2D eigenvalue weighted by Gasteiger charge is -2.08. The molecular weight excluding hydrogens is 214 g/mol. The van der Waals surface area contributed by atoms with Crippen LogP contribution in [0.15, 0.2) is 18.6 Å². The number of nitrogens with two attached hydrogens (primary N) is 1. The van der Waals surface area contributed by atoms with Gasteiger partial charge in [0.1, 0.15) is 17.3 Å². The van der Waals surface area contributed by atoms with Crippen molar-refractivity contribution in [2.45, 2.75) is 26.7 Å². The molecule has 0 atom stereocenters. The molecule has 0 saturated heterocycles. The molecule has 0 aliphatic heterocycles. The second-order valence-electron chi connectivity index (χ2n) is 3.84. The van der Waals surface area contributed by atoms with Crippen molar-refractivity contribution in [1.29, 1.82) is 0 Å². The molecule has 0 saturated carbocycles. The molecule has 2 rings (SSSR count). The minimum atomic E-state index is 0.518. The average Bonchev–Trinajstić information content (AvgIpc) is 2.35. The highest BCUT2D eigenvalue weighted by molar-refractivity contribution is 5.63. The van der Waals surface area contributed by atoms with Gasteiger partial charge in [0.25, 0.3) is 0 Å². The Kier molecular flexibility index (Phi) is 3.27. The van der Waals surface area contributed by atoms with Gasteiger partial charge >= 0.3 is 0 Å². The summed E-state index contributed by atoms with van der Waals surface area (Å²) in [4.78, 5) is 17.1. The molecule has 5 heteroatoms. The van der Waals surface area contributed by atoms with Crippen molar-refractivity contribution in [3.63, 3.8) is 0 Å². The van der Waals surface area contributed by atoms with Gasteiger partial charge in [-0.15, -0.1) is 0 Å². The Morgan fingerprint density at radius 2 is 2.06 bits per heavy atom. The fraction of sp³-hybridized carbons (Fsp3) is 0.333. The number of aromatic nitrogens is 4. The van der Waals surface area contributed by atoms with Crippen molar-refractivity contribution in [2.75, 3.05) is 5.73 Å². The lowest BCUT2D eigenvalue weighted by molar-refractivity contribution is 0.835. The van der Waals surface area contributed by atoms with Crippen molar-refractivity contribution >= 4 is 5.82 Å². The Balaban J connectivity index is 2.53. The largest absolute Gasteiger partial charge is 0.383 e. The van der Waals surface area contributed by atoms with E-state index in [0.29, 0.717) is 5.82 Å². The van der Waals surface area contributed by atoms with E-state index in [1.54, 1.807) is 18.6 Å². The van der Waals surface area contributed by atoms with E-state index in [4.69, 9.17) is 5.73 Å². The van der Waals surface area contributed by atoms with E-state index in [1.807, 2.05) is 6.92 Å². The molecule has 0 amide bonds. The molecule has 2 heterocycles. The van der Waals surface area contributed by atoms with E-state index in [0.717, 1.165) is 35.6 Å². The van der Waals surface area contributed by atoms with E-state index in [-0.39, 0.29) is 0 Å². The zero-order valence-corrected chi connectivity index (χ0v) is 10.0. The maximum absolute atomic E-state index is 5.89. The van der Waals surface area contributed by atoms with E-state index in [2.05, 4.69) is 26.9 Å². The first-order valence-corrected chi connectivity index (χ1v) is 5.61. The van der Waals surface area contributed by atoms with Crippen LogP contribution >= 0.6 is 0 Å². The van der Waals surface area contributed by atoms with E-state index >= 15 is 0 Å². The fourth-order valence-electron chi connectivity index (χ4n) is 1.59. The van der Waals surface area contributed by atoms with Gasteiger partial charge in [0, 0.05) is 24.4 Å². The third-order valence-corrected chi connectivity index (χ3v) is 2.51. The second kappa shape index (κ2) is 4.86. The van der Waals surface area contributed by atoms with Gasteiger partial charge in [-0.05, 0) is 13.3 Å². The summed E-state index contributed by atoms with van der Waals surface area (Å²) in [7, 11) is 0.